The zero-order valence-electron chi connectivity index (χ0n) is 8.47. The van der Waals surface area contributed by atoms with E-state index >= 15 is 0 Å². The van der Waals surface area contributed by atoms with Gasteiger partial charge in [-0.25, -0.2) is 0 Å². The highest BCUT2D eigenvalue weighted by Gasteiger charge is 2.11. The Morgan fingerprint density at radius 3 is 1.82 bits per heavy atom. The summed E-state index contributed by atoms with van der Waals surface area (Å²) in [5.74, 6) is 1.14. The van der Waals surface area contributed by atoms with E-state index in [-0.39, 0.29) is 0 Å². The lowest BCUT2D eigenvalue weighted by Gasteiger charge is -2.14. The van der Waals surface area contributed by atoms with E-state index < -0.39 is 0 Å². The molecule has 0 rings (SSSR count). The van der Waals surface area contributed by atoms with Gasteiger partial charge in [0.1, 0.15) is 0 Å². The Bertz CT molecular complexity index is 143. The quantitative estimate of drug-likeness (QED) is 0.333. The van der Waals surface area contributed by atoms with Crippen LogP contribution in [-0.4, -0.2) is 49.7 Å². The van der Waals surface area contributed by atoms with Crippen molar-refractivity contribution in [3.05, 3.63) is 0 Å². The molecule has 0 spiro atoms. The molecular weight excluding hydrogens is 138 g/mol. The molecule has 3 nitrogen and oxygen atoms in total. The summed E-state index contributed by atoms with van der Waals surface area (Å²) in [7, 11) is 8.13. The molecule has 0 heterocycles. The summed E-state index contributed by atoms with van der Waals surface area (Å²) in [6.07, 6.45) is 0. The zero-order chi connectivity index (χ0) is 9.02. The number of hydrogen-bond acceptors (Lipinski definition) is 0. The van der Waals surface area contributed by atoms with Crippen molar-refractivity contribution in [3.63, 3.8) is 0 Å². The smallest absolute Gasteiger partial charge is 0.276 e. The Balaban J connectivity index is 4.26. The van der Waals surface area contributed by atoms with E-state index in [1.165, 1.54) is 0 Å². The molecule has 0 radical (unpaired) electrons. The van der Waals surface area contributed by atoms with Crippen LogP contribution in [0.15, 0.2) is 0 Å². The van der Waals surface area contributed by atoms with Crippen LogP contribution in [-0.2, 0) is 0 Å². The van der Waals surface area contributed by atoms with Gasteiger partial charge in [-0.1, -0.05) is 0 Å². The molecular formula is C8H20N3+. The van der Waals surface area contributed by atoms with Crippen molar-refractivity contribution in [3.8, 4) is 0 Å². The minimum Gasteiger partial charge on any atom is -0.276 e. The second-order valence-corrected chi connectivity index (χ2v) is 3.41. The summed E-state index contributed by atoms with van der Waals surface area (Å²) in [6.45, 7) is 4.26. The fourth-order valence-corrected chi connectivity index (χ4v) is 0.916. The standard InChI is InChI=1S/C8H19N3/c1-7(2)9-8(10(3)4)11(5)6/h7H,1-6H3/p+1. The Morgan fingerprint density at radius 2 is 1.73 bits per heavy atom. The number of nitrogens with one attached hydrogen (secondary N) is 1. The molecule has 0 unspecified atom stereocenters. The van der Waals surface area contributed by atoms with E-state index in [9.17, 15) is 0 Å². The monoisotopic (exact) mass is 158 g/mol. The summed E-state index contributed by atoms with van der Waals surface area (Å²) in [6, 6.07) is 0.481. The van der Waals surface area contributed by atoms with Crippen LogP contribution in [0.1, 0.15) is 13.8 Å². The van der Waals surface area contributed by atoms with Gasteiger partial charge in [0, 0.05) is 0 Å². The van der Waals surface area contributed by atoms with Gasteiger partial charge in [0.25, 0.3) is 0 Å². The fourth-order valence-electron chi connectivity index (χ4n) is 0.916. The minimum absolute atomic E-state index is 0.481. The maximum atomic E-state index is 3.35. The third-order valence-electron chi connectivity index (χ3n) is 1.26. The van der Waals surface area contributed by atoms with Gasteiger partial charge in [-0.2, -0.15) is 0 Å². The van der Waals surface area contributed by atoms with Crippen LogP contribution < -0.4 is 5.32 Å². The molecule has 11 heavy (non-hydrogen) atoms. The normalized spacial score (nSPS) is 9.73. The van der Waals surface area contributed by atoms with Gasteiger partial charge in [-0.3, -0.25) is 14.8 Å². The van der Waals surface area contributed by atoms with Gasteiger partial charge >= 0.3 is 5.96 Å². The van der Waals surface area contributed by atoms with Gasteiger partial charge in [0.05, 0.1) is 34.2 Å². The predicted octanol–water partition coefficient (Wildman–Crippen LogP) is 0.174. The maximum Gasteiger partial charge on any atom is 0.347 e. The van der Waals surface area contributed by atoms with Crippen LogP contribution in [0.2, 0.25) is 0 Å². The van der Waals surface area contributed by atoms with Crippen LogP contribution in [0, 0.1) is 0 Å². The van der Waals surface area contributed by atoms with E-state index in [2.05, 4.69) is 28.6 Å². The van der Waals surface area contributed by atoms with Gasteiger partial charge in [0.2, 0.25) is 0 Å². The van der Waals surface area contributed by atoms with E-state index in [0.717, 1.165) is 5.96 Å². The second-order valence-electron chi connectivity index (χ2n) is 3.41. The molecule has 1 N–H and O–H groups in total. The molecule has 0 aliphatic rings. The number of rotatable bonds is 1. The van der Waals surface area contributed by atoms with Crippen molar-refractivity contribution < 1.29 is 4.58 Å². The summed E-state index contributed by atoms with van der Waals surface area (Å²) in [4.78, 5) is 2.07. The molecule has 0 aromatic carbocycles. The molecule has 0 atom stereocenters. The first-order chi connectivity index (χ1) is 4.95. The Kier molecular flexibility index (Phi) is 3.93. The van der Waals surface area contributed by atoms with Crippen molar-refractivity contribution in [2.24, 2.45) is 0 Å². The van der Waals surface area contributed by atoms with Crippen LogP contribution in [0.5, 0.6) is 0 Å². The zero-order valence-corrected chi connectivity index (χ0v) is 8.47. The van der Waals surface area contributed by atoms with Crippen molar-refractivity contribution in [2.75, 3.05) is 28.2 Å². The summed E-state index contributed by atoms with van der Waals surface area (Å²) >= 11 is 0. The first-order valence-electron chi connectivity index (χ1n) is 3.93. The molecule has 66 valence electrons. The SMILES string of the molecule is CC(C)NC(N(C)C)=[N+](C)C. The largest absolute Gasteiger partial charge is 0.347 e. The van der Waals surface area contributed by atoms with E-state index in [4.69, 9.17) is 0 Å². The van der Waals surface area contributed by atoms with E-state index in [1.807, 2.05) is 28.2 Å². The molecule has 0 aliphatic carbocycles. The average molecular weight is 158 g/mol. The van der Waals surface area contributed by atoms with Crippen LogP contribution in [0.3, 0.4) is 0 Å². The molecule has 0 bridgehead atoms. The number of guanidine groups is 1. The lowest BCUT2D eigenvalue weighted by molar-refractivity contribution is -0.472. The van der Waals surface area contributed by atoms with Crippen molar-refractivity contribution >= 4 is 5.96 Å². The third-order valence-corrected chi connectivity index (χ3v) is 1.26. The van der Waals surface area contributed by atoms with Gasteiger partial charge in [0.15, 0.2) is 0 Å². The first-order valence-corrected chi connectivity index (χ1v) is 3.93. The second kappa shape index (κ2) is 4.21. The topological polar surface area (TPSA) is 18.3 Å². The molecule has 0 aliphatic heterocycles. The highest BCUT2D eigenvalue weighted by Crippen LogP contribution is 1.82. The number of hydrogen-bond donors (Lipinski definition) is 1. The molecule has 0 aromatic rings. The Hall–Kier alpha value is -0.730. The molecule has 0 saturated carbocycles. The average Bonchev–Trinajstić information content (AvgIpc) is 1.81. The van der Waals surface area contributed by atoms with Crippen molar-refractivity contribution in [1.29, 1.82) is 0 Å². The molecule has 0 amide bonds. The molecule has 0 fully saturated rings. The predicted molar refractivity (Wildman–Crippen MR) is 49.1 cm³/mol. The Morgan fingerprint density at radius 1 is 1.27 bits per heavy atom. The fraction of sp³-hybridized carbons (Fsp3) is 0.875. The molecule has 0 saturated heterocycles. The molecule has 0 aromatic heterocycles. The van der Waals surface area contributed by atoms with Crippen molar-refractivity contribution in [1.82, 2.24) is 10.2 Å². The summed E-state index contributed by atoms with van der Waals surface area (Å²) in [5, 5.41) is 3.35. The molecule has 3 heteroatoms. The Labute approximate surface area is 69.7 Å². The van der Waals surface area contributed by atoms with E-state index in [0.29, 0.717) is 6.04 Å². The van der Waals surface area contributed by atoms with Gasteiger partial charge < -0.3 is 0 Å². The van der Waals surface area contributed by atoms with Gasteiger partial charge in [-0.05, 0) is 13.8 Å². The lowest BCUT2D eigenvalue weighted by Crippen LogP contribution is -2.45. The third kappa shape index (κ3) is 3.86. The van der Waals surface area contributed by atoms with Crippen LogP contribution in [0.25, 0.3) is 0 Å². The van der Waals surface area contributed by atoms with Gasteiger partial charge in [-0.15, -0.1) is 0 Å². The maximum absolute atomic E-state index is 3.35. The first kappa shape index (κ1) is 10.3. The highest BCUT2D eigenvalue weighted by molar-refractivity contribution is 5.74. The van der Waals surface area contributed by atoms with E-state index in [1.54, 1.807) is 0 Å². The van der Waals surface area contributed by atoms with Crippen molar-refractivity contribution in [2.45, 2.75) is 19.9 Å². The summed E-state index contributed by atoms with van der Waals surface area (Å²) in [5.41, 5.74) is 0. The highest BCUT2D eigenvalue weighted by atomic mass is 15.3. The van der Waals surface area contributed by atoms with Crippen LogP contribution >= 0.6 is 0 Å². The lowest BCUT2D eigenvalue weighted by atomic mass is 10.4. The number of nitrogens with zero attached hydrogens (tertiary/aromatic N) is 2. The minimum atomic E-state index is 0.481. The summed E-state index contributed by atoms with van der Waals surface area (Å²) < 4.78 is 2.07. The van der Waals surface area contributed by atoms with Crippen LogP contribution in [0.4, 0.5) is 0 Å².